The molecule has 1 aromatic carbocycles. The lowest BCUT2D eigenvalue weighted by Crippen LogP contribution is -2.22. The zero-order valence-electron chi connectivity index (χ0n) is 9.61. The molecule has 0 aliphatic carbocycles. The van der Waals surface area contributed by atoms with Crippen LogP contribution < -0.4 is 0 Å². The van der Waals surface area contributed by atoms with Gasteiger partial charge in [-0.05, 0) is 23.6 Å². The molecule has 0 aliphatic heterocycles. The standard InChI is InChI=1S/C12H14ClFO2S/c1-7(2)11(12(15)16)17-6-8-3-4-9(13)5-10(8)14/h3-5,7,11H,6H2,1-2H3,(H,15,16). The van der Waals surface area contributed by atoms with Gasteiger partial charge in [-0.1, -0.05) is 31.5 Å². The summed E-state index contributed by atoms with van der Waals surface area (Å²) in [4.78, 5) is 11.0. The lowest BCUT2D eigenvalue weighted by atomic mass is 10.1. The molecule has 1 N–H and O–H groups in total. The van der Waals surface area contributed by atoms with Crippen molar-refractivity contribution in [3.8, 4) is 0 Å². The van der Waals surface area contributed by atoms with E-state index in [1.165, 1.54) is 17.8 Å². The molecule has 0 amide bonds. The zero-order valence-corrected chi connectivity index (χ0v) is 11.2. The first-order chi connectivity index (χ1) is 7.91. The van der Waals surface area contributed by atoms with Gasteiger partial charge in [0.25, 0.3) is 0 Å². The number of aliphatic carboxylic acids is 1. The van der Waals surface area contributed by atoms with Crippen molar-refractivity contribution in [1.82, 2.24) is 0 Å². The van der Waals surface area contributed by atoms with Gasteiger partial charge in [0, 0.05) is 10.8 Å². The maximum absolute atomic E-state index is 13.5. The molecular formula is C12H14ClFO2S. The summed E-state index contributed by atoms with van der Waals surface area (Å²) in [6.45, 7) is 3.67. The fourth-order valence-corrected chi connectivity index (χ4v) is 2.65. The van der Waals surface area contributed by atoms with Gasteiger partial charge in [0.1, 0.15) is 11.1 Å². The largest absolute Gasteiger partial charge is 0.480 e. The Labute approximate surface area is 109 Å². The van der Waals surface area contributed by atoms with Gasteiger partial charge >= 0.3 is 5.97 Å². The molecule has 1 rings (SSSR count). The third kappa shape index (κ3) is 4.21. The molecule has 0 heterocycles. The number of benzene rings is 1. The molecule has 94 valence electrons. The Bertz CT molecular complexity index is 409. The first-order valence-electron chi connectivity index (χ1n) is 5.20. The van der Waals surface area contributed by atoms with Crippen molar-refractivity contribution in [2.24, 2.45) is 5.92 Å². The summed E-state index contributed by atoms with van der Waals surface area (Å²) >= 11 is 6.87. The Kier molecular flexibility index (Phi) is 5.28. The average molecular weight is 277 g/mol. The SMILES string of the molecule is CC(C)C(SCc1ccc(Cl)cc1F)C(=O)O. The Morgan fingerprint density at radius 2 is 2.18 bits per heavy atom. The fourth-order valence-electron chi connectivity index (χ4n) is 1.37. The molecule has 1 unspecified atom stereocenters. The number of hydrogen-bond donors (Lipinski definition) is 1. The van der Waals surface area contributed by atoms with Crippen molar-refractivity contribution in [2.45, 2.75) is 24.9 Å². The van der Waals surface area contributed by atoms with Crippen LogP contribution in [-0.4, -0.2) is 16.3 Å². The molecule has 0 spiro atoms. The monoisotopic (exact) mass is 276 g/mol. The van der Waals surface area contributed by atoms with Crippen molar-refractivity contribution in [2.75, 3.05) is 0 Å². The molecule has 1 aromatic rings. The topological polar surface area (TPSA) is 37.3 Å². The van der Waals surface area contributed by atoms with Crippen LogP contribution in [0.2, 0.25) is 5.02 Å². The summed E-state index contributed by atoms with van der Waals surface area (Å²) < 4.78 is 13.5. The number of carboxylic acid groups (broad SMARTS) is 1. The van der Waals surface area contributed by atoms with Gasteiger partial charge in [0.15, 0.2) is 0 Å². The maximum Gasteiger partial charge on any atom is 0.316 e. The van der Waals surface area contributed by atoms with Crippen LogP contribution in [0, 0.1) is 11.7 Å². The quantitative estimate of drug-likeness (QED) is 0.888. The van der Waals surface area contributed by atoms with E-state index < -0.39 is 17.0 Å². The van der Waals surface area contributed by atoms with Crippen molar-refractivity contribution in [3.05, 3.63) is 34.6 Å². The van der Waals surface area contributed by atoms with Gasteiger partial charge in [-0.2, -0.15) is 0 Å². The molecule has 0 aromatic heterocycles. The normalized spacial score (nSPS) is 12.8. The second-order valence-corrected chi connectivity index (χ2v) is 5.62. The number of halogens is 2. The van der Waals surface area contributed by atoms with Crippen molar-refractivity contribution in [3.63, 3.8) is 0 Å². The molecule has 0 fully saturated rings. The summed E-state index contributed by atoms with van der Waals surface area (Å²) in [5.41, 5.74) is 0.478. The van der Waals surface area contributed by atoms with Crippen molar-refractivity contribution >= 4 is 29.3 Å². The smallest absolute Gasteiger partial charge is 0.316 e. The van der Waals surface area contributed by atoms with Gasteiger partial charge in [-0.3, -0.25) is 4.79 Å². The first kappa shape index (κ1) is 14.3. The summed E-state index contributed by atoms with van der Waals surface area (Å²) in [6.07, 6.45) is 0. The average Bonchev–Trinajstić information content (AvgIpc) is 2.20. The third-order valence-corrected chi connectivity index (χ3v) is 4.10. The molecule has 0 radical (unpaired) electrons. The van der Waals surface area contributed by atoms with Crippen LogP contribution in [0.3, 0.4) is 0 Å². The second kappa shape index (κ2) is 6.26. The van der Waals surface area contributed by atoms with E-state index in [0.717, 1.165) is 0 Å². The molecule has 0 bridgehead atoms. The molecule has 5 heteroatoms. The molecule has 1 atom stereocenters. The van der Waals surface area contributed by atoms with Crippen molar-refractivity contribution in [1.29, 1.82) is 0 Å². The maximum atomic E-state index is 13.5. The van der Waals surface area contributed by atoms with Gasteiger partial charge < -0.3 is 5.11 Å². The number of hydrogen-bond acceptors (Lipinski definition) is 2. The van der Waals surface area contributed by atoms with Gasteiger partial charge in [-0.15, -0.1) is 11.8 Å². The molecule has 0 saturated carbocycles. The summed E-state index contributed by atoms with van der Waals surface area (Å²) in [5, 5.41) is 8.82. The Morgan fingerprint density at radius 3 is 2.65 bits per heavy atom. The van der Waals surface area contributed by atoms with Crippen LogP contribution in [0.15, 0.2) is 18.2 Å². The minimum Gasteiger partial charge on any atom is -0.480 e. The van der Waals surface area contributed by atoms with E-state index in [4.69, 9.17) is 16.7 Å². The molecular weight excluding hydrogens is 263 g/mol. The fraction of sp³-hybridized carbons (Fsp3) is 0.417. The van der Waals surface area contributed by atoms with Crippen LogP contribution in [0.4, 0.5) is 4.39 Å². The van der Waals surface area contributed by atoms with Crippen LogP contribution in [-0.2, 0) is 10.5 Å². The number of thioether (sulfide) groups is 1. The van der Waals surface area contributed by atoms with E-state index in [2.05, 4.69) is 0 Å². The van der Waals surface area contributed by atoms with Crippen LogP contribution in [0.25, 0.3) is 0 Å². The van der Waals surface area contributed by atoms with Crippen LogP contribution >= 0.6 is 23.4 Å². The van der Waals surface area contributed by atoms with E-state index in [1.807, 2.05) is 13.8 Å². The van der Waals surface area contributed by atoms with Gasteiger partial charge in [0.05, 0.1) is 0 Å². The third-order valence-electron chi connectivity index (χ3n) is 2.28. The highest BCUT2D eigenvalue weighted by Crippen LogP contribution is 2.26. The first-order valence-corrected chi connectivity index (χ1v) is 6.63. The highest BCUT2D eigenvalue weighted by Gasteiger charge is 2.22. The van der Waals surface area contributed by atoms with E-state index in [0.29, 0.717) is 16.3 Å². The molecule has 0 saturated heterocycles. The highest BCUT2D eigenvalue weighted by molar-refractivity contribution is 7.99. The van der Waals surface area contributed by atoms with Crippen LogP contribution in [0.5, 0.6) is 0 Å². The van der Waals surface area contributed by atoms with Gasteiger partial charge in [0.2, 0.25) is 0 Å². The summed E-state index contributed by atoms with van der Waals surface area (Å²) in [7, 11) is 0. The Balaban J connectivity index is 2.69. The summed E-state index contributed by atoms with van der Waals surface area (Å²) in [6, 6.07) is 4.43. The highest BCUT2D eigenvalue weighted by atomic mass is 35.5. The van der Waals surface area contributed by atoms with Crippen LogP contribution in [0.1, 0.15) is 19.4 Å². The minimum absolute atomic E-state index is 0.00728. The molecule has 17 heavy (non-hydrogen) atoms. The lowest BCUT2D eigenvalue weighted by molar-refractivity contribution is -0.137. The van der Waals surface area contributed by atoms with E-state index in [1.54, 1.807) is 12.1 Å². The number of carboxylic acids is 1. The second-order valence-electron chi connectivity index (χ2n) is 4.05. The van der Waals surface area contributed by atoms with Crippen molar-refractivity contribution < 1.29 is 14.3 Å². The molecule has 0 aliphatic rings. The van der Waals surface area contributed by atoms with E-state index in [-0.39, 0.29) is 5.92 Å². The predicted octanol–water partition coefficient (Wildman–Crippen LogP) is 3.82. The Hall–Kier alpha value is -0.740. The molecule has 2 nitrogen and oxygen atoms in total. The van der Waals surface area contributed by atoms with E-state index in [9.17, 15) is 9.18 Å². The van der Waals surface area contributed by atoms with E-state index >= 15 is 0 Å². The van der Waals surface area contributed by atoms with Gasteiger partial charge in [-0.25, -0.2) is 4.39 Å². The Morgan fingerprint density at radius 1 is 1.53 bits per heavy atom. The predicted molar refractivity (Wildman–Crippen MR) is 69.0 cm³/mol. The minimum atomic E-state index is -0.862. The lowest BCUT2D eigenvalue weighted by Gasteiger charge is -2.15. The summed E-state index contributed by atoms with van der Waals surface area (Å²) in [5.74, 6) is -0.914. The number of rotatable bonds is 5. The number of carbonyl (C=O) groups is 1. The zero-order chi connectivity index (χ0) is 13.0.